The second-order valence-electron chi connectivity index (χ2n) is 5.81. The van der Waals surface area contributed by atoms with Gasteiger partial charge in [0, 0.05) is 30.9 Å². The summed E-state index contributed by atoms with van der Waals surface area (Å²) < 4.78 is 0. The Bertz CT molecular complexity index is 420. The van der Waals surface area contributed by atoms with E-state index in [1.54, 1.807) is 0 Å². The van der Waals surface area contributed by atoms with Crippen molar-refractivity contribution in [2.45, 2.75) is 31.5 Å². The minimum atomic E-state index is -0.244. The number of β-amino-alcohol motifs (C(OH)–C–C–N with tert-alkyl or cyclic N) is 1. The zero-order valence-electron chi connectivity index (χ0n) is 12.1. The van der Waals surface area contributed by atoms with Crippen molar-refractivity contribution in [3.05, 3.63) is 29.8 Å². The molecule has 1 heterocycles. The molecule has 1 aromatic rings. The van der Waals surface area contributed by atoms with Gasteiger partial charge in [0.1, 0.15) is 0 Å². The van der Waals surface area contributed by atoms with Gasteiger partial charge in [0.2, 0.25) is 0 Å². The quantitative estimate of drug-likeness (QED) is 0.857. The molecule has 0 radical (unpaired) electrons. The van der Waals surface area contributed by atoms with Crippen molar-refractivity contribution >= 4 is 5.69 Å². The molecule has 1 aromatic carbocycles. The van der Waals surface area contributed by atoms with Crippen LogP contribution in [0.1, 0.15) is 24.9 Å². The van der Waals surface area contributed by atoms with E-state index in [1.807, 2.05) is 19.1 Å². The number of likely N-dealkylation sites (N-methyl/N-ethyl adjacent to an activating group) is 1. The second-order valence-corrected chi connectivity index (χ2v) is 5.81. The maximum Gasteiger partial charge on any atom is 0.0735 e. The third kappa shape index (κ3) is 3.26. The minimum absolute atomic E-state index is 0.00829. The lowest BCUT2D eigenvalue weighted by Crippen LogP contribution is -2.38. The summed E-state index contributed by atoms with van der Waals surface area (Å²) in [5, 5.41) is 9.98. The van der Waals surface area contributed by atoms with Gasteiger partial charge in [0.15, 0.2) is 0 Å². The molecule has 1 aliphatic heterocycles. The average Bonchev–Trinajstić information content (AvgIpc) is 2.69. The molecule has 2 rings (SSSR count). The summed E-state index contributed by atoms with van der Waals surface area (Å²) in [6, 6.07) is 8.62. The number of para-hydroxylation sites is 1. The van der Waals surface area contributed by atoms with E-state index in [1.165, 1.54) is 5.69 Å². The van der Waals surface area contributed by atoms with Crippen molar-refractivity contribution in [3.8, 4) is 0 Å². The van der Waals surface area contributed by atoms with Gasteiger partial charge in [-0.1, -0.05) is 18.2 Å². The molecule has 106 valence electrons. The van der Waals surface area contributed by atoms with Gasteiger partial charge in [-0.05, 0) is 39.1 Å². The van der Waals surface area contributed by atoms with Gasteiger partial charge in [0.05, 0.1) is 6.10 Å². The highest BCUT2D eigenvalue weighted by atomic mass is 16.3. The lowest BCUT2D eigenvalue weighted by molar-refractivity contribution is 0.191. The molecular weight excluding hydrogens is 238 g/mol. The largest absolute Gasteiger partial charge is 0.391 e. The fourth-order valence-electron chi connectivity index (χ4n) is 2.92. The minimum Gasteiger partial charge on any atom is -0.391 e. The Hall–Kier alpha value is -1.10. The first kappa shape index (κ1) is 14.3. The van der Waals surface area contributed by atoms with Crippen LogP contribution in [0.5, 0.6) is 0 Å². The van der Waals surface area contributed by atoms with E-state index in [0.29, 0.717) is 12.6 Å². The van der Waals surface area contributed by atoms with Crippen LogP contribution in [0.2, 0.25) is 0 Å². The van der Waals surface area contributed by atoms with Crippen LogP contribution in [0.25, 0.3) is 0 Å². The van der Waals surface area contributed by atoms with Gasteiger partial charge in [-0.2, -0.15) is 0 Å². The Morgan fingerprint density at radius 2 is 2.11 bits per heavy atom. The van der Waals surface area contributed by atoms with Crippen LogP contribution in [-0.2, 0) is 0 Å². The highest BCUT2D eigenvalue weighted by Gasteiger charge is 2.32. The summed E-state index contributed by atoms with van der Waals surface area (Å²) in [7, 11) is 4.14. The molecule has 2 unspecified atom stereocenters. The molecule has 0 spiro atoms. The normalized spacial score (nSPS) is 25.1. The van der Waals surface area contributed by atoms with Gasteiger partial charge in [0.25, 0.3) is 0 Å². The van der Waals surface area contributed by atoms with Crippen molar-refractivity contribution in [3.63, 3.8) is 0 Å². The van der Waals surface area contributed by atoms with Crippen LogP contribution >= 0.6 is 0 Å². The van der Waals surface area contributed by atoms with Crippen molar-refractivity contribution in [2.75, 3.05) is 32.1 Å². The van der Waals surface area contributed by atoms with Crippen LogP contribution in [-0.4, -0.2) is 49.3 Å². The topological polar surface area (TPSA) is 52.7 Å². The van der Waals surface area contributed by atoms with E-state index < -0.39 is 0 Å². The third-order valence-electron chi connectivity index (χ3n) is 3.71. The van der Waals surface area contributed by atoms with E-state index in [2.05, 4.69) is 36.0 Å². The summed E-state index contributed by atoms with van der Waals surface area (Å²) in [6.07, 6.45) is 0.581. The standard InChI is InChI=1S/C15H25N3O/c1-11(16)14-6-4-5-7-15(14)18-10-13(19)8-12(18)9-17(2)3/h4-7,11-13,19H,8-10,16H2,1-3H3/t11-,12?,13?/m0/s1. The Morgan fingerprint density at radius 1 is 1.42 bits per heavy atom. The Labute approximate surface area is 115 Å². The number of benzene rings is 1. The van der Waals surface area contributed by atoms with Gasteiger partial charge >= 0.3 is 0 Å². The van der Waals surface area contributed by atoms with Crippen LogP contribution in [0.15, 0.2) is 24.3 Å². The van der Waals surface area contributed by atoms with E-state index >= 15 is 0 Å². The number of aliphatic hydroxyl groups excluding tert-OH is 1. The molecule has 0 saturated carbocycles. The molecule has 1 fully saturated rings. The first-order valence-corrected chi connectivity index (χ1v) is 6.93. The zero-order chi connectivity index (χ0) is 14.0. The predicted molar refractivity (Wildman–Crippen MR) is 79.4 cm³/mol. The zero-order valence-corrected chi connectivity index (χ0v) is 12.1. The number of rotatable bonds is 4. The molecule has 0 aliphatic carbocycles. The summed E-state index contributed by atoms with van der Waals surface area (Å²) in [4.78, 5) is 4.48. The van der Waals surface area contributed by atoms with Crippen molar-refractivity contribution < 1.29 is 5.11 Å². The molecule has 0 bridgehead atoms. The molecule has 3 atom stereocenters. The van der Waals surface area contributed by atoms with Crippen LogP contribution < -0.4 is 10.6 Å². The Kier molecular flexibility index (Phi) is 4.45. The fourth-order valence-corrected chi connectivity index (χ4v) is 2.92. The number of hydrogen-bond acceptors (Lipinski definition) is 4. The molecule has 1 saturated heterocycles. The van der Waals surface area contributed by atoms with Crippen LogP contribution in [0.4, 0.5) is 5.69 Å². The van der Waals surface area contributed by atoms with Gasteiger partial charge in [-0.3, -0.25) is 0 Å². The monoisotopic (exact) mass is 263 g/mol. The smallest absolute Gasteiger partial charge is 0.0735 e. The van der Waals surface area contributed by atoms with Crippen LogP contribution in [0, 0.1) is 0 Å². The molecule has 1 aliphatic rings. The summed E-state index contributed by atoms with van der Waals surface area (Å²) in [5.41, 5.74) is 8.38. The Morgan fingerprint density at radius 3 is 2.74 bits per heavy atom. The van der Waals surface area contributed by atoms with Gasteiger partial charge in [-0.25, -0.2) is 0 Å². The maximum absolute atomic E-state index is 9.98. The Balaban J connectivity index is 2.28. The average molecular weight is 263 g/mol. The molecule has 3 N–H and O–H groups in total. The van der Waals surface area contributed by atoms with Crippen molar-refractivity contribution in [1.82, 2.24) is 4.90 Å². The molecule has 19 heavy (non-hydrogen) atoms. The first-order valence-electron chi connectivity index (χ1n) is 6.93. The lowest BCUT2D eigenvalue weighted by atomic mass is 10.1. The van der Waals surface area contributed by atoms with Gasteiger partial charge in [-0.15, -0.1) is 0 Å². The molecule has 0 amide bonds. The van der Waals surface area contributed by atoms with E-state index in [0.717, 1.165) is 18.5 Å². The molecule has 0 aromatic heterocycles. The fraction of sp³-hybridized carbons (Fsp3) is 0.600. The van der Waals surface area contributed by atoms with E-state index in [-0.39, 0.29) is 12.1 Å². The van der Waals surface area contributed by atoms with Crippen molar-refractivity contribution in [1.29, 1.82) is 0 Å². The lowest BCUT2D eigenvalue weighted by Gasteiger charge is -2.31. The molecule has 4 heteroatoms. The third-order valence-corrected chi connectivity index (χ3v) is 3.71. The van der Waals surface area contributed by atoms with E-state index in [4.69, 9.17) is 5.73 Å². The summed E-state index contributed by atoms with van der Waals surface area (Å²) in [6.45, 7) is 3.65. The number of nitrogens with two attached hydrogens (primary N) is 1. The highest BCUT2D eigenvalue weighted by Crippen LogP contribution is 2.31. The number of nitrogens with zero attached hydrogens (tertiary/aromatic N) is 2. The van der Waals surface area contributed by atoms with Gasteiger partial charge < -0.3 is 20.6 Å². The number of hydrogen-bond donors (Lipinski definition) is 2. The maximum atomic E-state index is 9.98. The first-order chi connectivity index (χ1) is 8.99. The molecule has 4 nitrogen and oxygen atoms in total. The van der Waals surface area contributed by atoms with Crippen LogP contribution in [0.3, 0.4) is 0 Å². The highest BCUT2D eigenvalue weighted by molar-refractivity contribution is 5.56. The summed E-state index contributed by atoms with van der Waals surface area (Å²) >= 11 is 0. The van der Waals surface area contributed by atoms with E-state index in [9.17, 15) is 5.11 Å². The number of aliphatic hydroxyl groups is 1. The summed E-state index contributed by atoms with van der Waals surface area (Å²) in [5.74, 6) is 0. The van der Waals surface area contributed by atoms with Crippen molar-refractivity contribution in [2.24, 2.45) is 5.73 Å². The molecular formula is C15H25N3O. The predicted octanol–water partition coefficient (Wildman–Crippen LogP) is 1.21. The number of anilines is 1. The SMILES string of the molecule is C[C@H](N)c1ccccc1N1CC(O)CC1CN(C)C. The second kappa shape index (κ2) is 5.90.